The van der Waals surface area contributed by atoms with Crippen molar-refractivity contribution in [3.05, 3.63) is 12.2 Å². The number of allylic oxidation sites excluding steroid dienone is 1. The lowest BCUT2D eigenvalue weighted by molar-refractivity contribution is -0.167. The molecule has 1 aliphatic rings. The van der Waals surface area contributed by atoms with Crippen LogP contribution < -0.4 is 0 Å². The molecule has 0 saturated carbocycles. The van der Waals surface area contributed by atoms with Gasteiger partial charge in [0.25, 0.3) is 0 Å². The summed E-state index contributed by atoms with van der Waals surface area (Å²) in [6.07, 6.45) is 1.81. The second kappa shape index (κ2) is 4.02. The normalized spacial score (nSPS) is 32.9. The van der Waals surface area contributed by atoms with Crippen molar-refractivity contribution in [3.63, 3.8) is 0 Å². The minimum atomic E-state index is -3.81. The first-order valence-electron chi connectivity index (χ1n) is 3.52. The summed E-state index contributed by atoms with van der Waals surface area (Å²) in [5.74, 6) is -0.547. The Kier molecular flexibility index (Phi) is 3.22. The molecule has 1 rings (SSSR count). The fraction of sp³-hybridized carbons (Fsp3) is 0.500. The van der Waals surface area contributed by atoms with E-state index >= 15 is 0 Å². The number of esters is 1. The maximum absolute atomic E-state index is 10.7. The highest BCUT2D eigenvalue weighted by molar-refractivity contribution is 7.48. The number of phosphoric ester groups is 1. The van der Waals surface area contributed by atoms with Crippen molar-refractivity contribution in [2.45, 2.75) is 13.2 Å². The zero-order chi connectivity index (χ0) is 9.90. The largest absolute Gasteiger partial charge is 0.477 e. The Morgan fingerprint density at radius 1 is 1.69 bits per heavy atom. The van der Waals surface area contributed by atoms with Gasteiger partial charge in [0.2, 0.25) is 6.29 Å². The van der Waals surface area contributed by atoms with Crippen molar-refractivity contribution in [1.82, 2.24) is 0 Å². The summed E-state index contributed by atoms with van der Waals surface area (Å²) in [5, 5.41) is 0. The van der Waals surface area contributed by atoms with Crippen LogP contribution in [-0.2, 0) is 23.1 Å². The van der Waals surface area contributed by atoms with Gasteiger partial charge < -0.3 is 9.63 Å². The third-order valence-electron chi connectivity index (χ3n) is 1.17. The molecule has 0 aromatic carbocycles. The number of hydrogen-bond acceptors (Lipinski definition) is 5. The second-order valence-electron chi connectivity index (χ2n) is 2.24. The SMILES string of the molecule is CC=CC(=O)OCC1OP(=O)(O)O1. The molecule has 0 radical (unpaired) electrons. The number of hydrogen-bond donors (Lipinski definition) is 1. The lowest BCUT2D eigenvalue weighted by atomic mass is 10.5. The minimum Gasteiger partial charge on any atom is -0.457 e. The fourth-order valence-electron chi connectivity index (χ4n) is 0.700. The molecule has 0 aromatic heterocycles. The number of rotatable bonds is 3. The summed E-state index contributed by atoms with van der Waals surface area (Å²) in [4.78, 5) is 19.2. The van der Waals surface area contributed by atoms with E-state index in [4.69, 9.17) is 4.89 Å². The third-order valence-corrected chi connectivity index (χ3v) is 2.17. The van der Waals surface area contributed by atoms with Crippen LogP contribution in [0.4, 0.5) is 0 Å². The number of carbonyl (C=O) groups is 1. The number of ether oxygens (including phenoxy) is 1. The van der Waals surface area contributed by atoms with E-state index in [1.54, 1.807) is 6.92 Å². The van der Waals surface area contributed by atoms with Crippen molar-refractivity contribution in [2.75, 3.05) is 6.61 Å². The average Bonchev–Trinajstić information content (AvgIpc) is 1.97. The Morgan fingerprint density at radius 3 is 2.77 bits per heavy atom. The van der Waals surface area contributed by atoms with Crippen molar-refractivity contribution in [3.8, 4) is 0 Å². The van der Waals surface area contributed by atoms with Gasteiger partial charge in [-0.3, -0.25) is 9.05 Å². The van der Waals surface area contributed by atoms with Crippen molar-refractivity contribution < 1.29 is 28.0 Å². The molecule has 1 aliphatic heterocycles. The highest BCUT2D eigenvalue weighted by Crippen LogP contribution is 2.55. The van der Waals surface area contributed by atoms with E-state index in [0.29, 0.717) is 0 Å². The molecule has 7 heteroatoms. The van der Waals surface area contributed by atoms with Crippen LogP contribution in [-0.4, -0.2) is 23.8 Å². The standard InChI is InChI=1S/C6H9O6P/c1-2-3-5(7)10-4-6-11-13(8,9)12-6/h2-3,6H,4H2,1H3,(H,8,9). The van der Waals surface area contributed by atoms with Crippen LogP contribution in [0.25, 0.3) is 0 Å². The maximum Gasteiger partial charge on any atom is 0.477 e. The highest BCUT2D eigenvalue weighted by atomic mass is 31.2. The Morgan fingerprint density at radius 2 is 2.31 bits per heavy atom. The first-order valence-corrected chi connectivity index (χ1v) is 5.02. The molecule has 0 aromatic rings. The van der Waals surface area contributed by atoms with E-state index in [9.17, 15) is 9.36 Å². The van der Waals surface area contributed by atoms with Gasteiger partial charge in [-0.25, -0.2) is 9.36 Å². The number of carbonyl (C=O) groups excluding carboxylic acids is 1. The van der Waals surface area contributed by atoms with Crippen LogP contribution >= 0.6 is 7.82 Å². The number of phosphoric acid groups is 1. The summed E-state index contributed by atoms with van der Waals surface area (Å²) in [7, 11) is -3.81. The molecule has 1 heterocycles. The van der Waals surface area contributed by atoms with Crippen LogP contribution in [0.15, 0.2) is 12.2 Å². The van der Waals surface area contributed by atoms with E-state index in [-0.39, 0.29) is 6.61 Å². The summed E-state index contributed by atoms with van der Waals surface area (Å²) in [6.45, 7) is 1.48. The van der Waals surface area contributed by atoms with Gasteiger partial charge in [-0.05, 0) is 6.92 Å². The van der Waals surface area contributed by atoms with Crippen LogP contribution in [0, 0.1) is 0 Å². The molecular formula is C6H9O6P. The van der Waals surface area contributed by atoms with E-state index in [2.05, 4.69) is 13.8 Å². The second-order valence-corrected chi connectivity index (χ2v) is 3.60. The van der Waals surface area contributed by atoms with Gasteiger partial charge in [0.15, 0.2) is 0 Å². The molecule has 0 bridgehead atoms. The lowest BCUT2D eigenvalue weighted by Gasteiger charge is -2.29. The van der Waals surface area contributed by atoms with Crippen LogP contribution in [0.1, 0.15) is 6.92 Å². The van der Waals surface area contributed by atoms with Crippen molar-refractivity contribution in [1.29, 1.82) is 0 Å². The van der Waals surface area contributed by atoms with E-state index in [1.807, 2.05) is 0 Å². The lowest BCUT2D eigenvalue weighted by Crippen LogP contribution is -2.31. The summed E-state index contributed by atoms with van der Waals surface area (Å²) in [5.41, 5.74) is 0. The molecule has 0 unspecified atom stereocenters. The Balaban J connectivity index is 2.16. The van der Waals surface area contributed by atoms with Gasteiger partial charge in [-0.2, -0.15) is 0 Å². The summed E-state index contributed by atoms with van der Waals surface area (Å²) >= 11 is 0. The molecule has 13 heavy (non-hydrogen) atoms. The minimum absolute atomic E-state index is 0.187. The van der Waals surface area contributed by atoms with E-state index in [1.165, 1.54) is 12.2 Å². The average molecular weight is 208 g/mol. The van der Waals surface area contributed by atoms with Gasteiger partial charge in [0.1, 0.15) is 6.61 Å². The molecule has 6 nitrogen and oxygen atoms in total. The molecule has 0 atom stereocenters. The predicted molar refractivity (Wildman–Crippen MR) is 41.6 cm³/mol. The Bertz CT molecular complexity index is 262. The zero-order valence-electron chi connectivity index (χ0n) is 6.87. The van der Waals surface area contributed by atoms with Crippen LogP contribution in [0.2, 0.25) is 0 Å². The zero-order valence-corrected chi connectivity index (χ0v) is 7.77. The molecule has 1 N–H and O–H groups in total. The molecular weight excluding hydrogens is 199 g/mol. The monoisotopic (exact) mass is 208 g/mol. The Hall–Kier alpha value is -0.680. The Labute approximate surface area is 74.7 Å². The smallest absolute Gasteiger partial charge is 0.457 e. The first kappa shape index (κ1) is 10.4. The van der Waals surface area contributed by atoms with Gasteiger partial charge in [-0.1, -0.05) is 6.08 Å². The third kappa shape index (κ3) is 3.28. The fourth-order valence-corrected chi connectivity index (χ4v) is 1.43. The van der Waals surface area contributed by atoms with Crippen molar-refractivity contribution >= 4 is 13.8 Å². The molecule has 1 saturated heterocycles. The highest BCUT2D eigenvalue weighted by Gasteiger charge is 2.42. The van der Waals surface area contributed by atoms with E-state index < -0.39 is 20.1 Å². The van der Waals surface area contributed by atoms with Gasteiger partial charge in [-0.15, -0.1) is 0 Å². The topological polar surface area (TPSA) is 82.1 Å². The van der Waals surface area contributed by atoms with Gasteiger partial charge >= 0.3 is 13.8 Å². The van der Waals surface area contributed by atoms with Crippen LogP contribution in [0.5, 0.6) is 0 Å². The molecule has 0 amide bonds. The van der Waals surface area contributed by atoms with Crippen LogP contribution in [0.3, 0.4) is 0 Å². The van der Waals surface area contributed by atoms with E-state index in [0.717, 1.165) is 0 Å². The predicted octanol–water partition coefficient (Wildman–Crippen LogP) is 0.579. The maximum atomic E-state index is 10.7. The van der Waals surface area contributed by atoms with Gasteiger partial charge in [0, 0.05) is 6.08 Å². The molecule has 0 spiro atoms. The summed E-state index contributed by atoms with van der Waals surface area (Å²) in [6, 6.07) is 0. The molecule has 0 aliphatic carbocycles. The van der Waals surface area contributed by atoms with Crippen molar-refractivity contribution in [2.24, 2.45) is 0 Å². The summed E-state index contributed by atoms with van der Waals surface area (Å²) < 4.78 is 23.7. The molecule has 74 valence electrons. The van der Waals surface area contributed by atoms with Gasteiger partial charge in [0.05, 0.1) is 0 Å². The molecule has 1 fully saturated rings. The quantitative estimate of drug-likeness (QED) is 0.415. The first-order chi connectivity index (χ1) is 6.03.